The first kappa shape index (κ1) is 11.6. The van der Waals surface area contributed by atoms with Gasteiger partial charge < -0.3 is 5.32 Å². The van der Waals surface area contributed by atoms with Crippen molar-refractivity contribution < 1.29 is 0 Å². The van der Waals surface area contributed by atoms with E-state index in [1.807, 2.05) is 11.3 Å². The minimum absolute atomic E-state index is 0.544. The zero-order valence-corrected chi connectivity index (χ0v) is 11.6. The summed E-state index contributed by atoms with van der Waals surface area (Å²) < 4.78 is 1.41. The minimum Gasteiger partial charge on any atom is -0.309 e. The summed E-state index contributed by atoms with van der Waals surface area (Å²) >= 11 is 4.03. The topological polar surface area (TPSA) is 12.0 Å². The van der Waals surface area contributed by atoms with Crippen LogP contribution in [0.1, 0.15) is 24.3 Å². The van der Waals surface area contributed by atoms with E-state index in [9.17, 15) is 0 Å². The highest BCUT2D eigenvalue weighted by atomic mass is 32.2. The second-order valence-corrected chi connectivity index (χ2v) is 7.21. The third-order valence-corrected chi connectivity index (χ3v) is 5.84. The van der Waals surface area contributed by atoms with Gasteiger partial charge in [0, 0.05) is 20.6 Å². The lowest BCUT2D eigenvalue weighted by atomic mass is 10.2. The van der Waals surface area contributed by atoms with Crippen molar-refractivity contribution in [2.75, 3.05) is 12.3 Å². The van der Waals surface area contributed by atoms with Crippen LogP contribution in [0.5, 0.6) is 0 Å². The molecule has 2 atom stereocenters. The molecule has 3 rings (SSSR count). The standard InChI is InChI=1S/C14H17NS2/c1-10-6-7-15-12(9-16-10)14-8-11-4-2-3-5-13(11)17-14/h2-5,8,10,12,15H,6-7,9H2,1H3. The fourth-order valence-corrected chi connectivity index (χ4v) is 4.57. The highest BCUT2D eigenvalue weighted by Crippen LogP contribution is 2.33. The second-order valence-electron chi connectivity index (χ2n) is 4.63. The van der Waals surface area contributed by atoms with E-state index >= 15 is 0 Å². The number of hydrogen-bond acceptors (Lipinski definition) is 3. The van der Waals surface area contributed by atoms with Crippen LogP contribution < -0.4 is 5.32 Å². The summed E-state index contributed by atoms with van der Waals surface area (Å²) in [4.78, 5) is 1.49. The number of fused-ring (bicyclic) bond motifs is 1. The Kier molecular flexibility index (Phi) is 3.41. The highest BCUT2D eigenvalue weighted by molar-refractivity contribution is 7.99. The average Bonchev–Trinajstić information content (AvgIpc) is 2.65. The van der Waals surface area contributed by atoms with E-state index in [-0.39, 0.29) is 0 Å². The number of thioether (sulfide) groups is 1. The Morgan fingerprint density at radius 3 is 3.06 bits per heavy atom. The molecule has 1 fully saturated rings. The lowest BCUT2D eigenvalue weighted by molar-refractivity contribution is 0.586. The summed E-state index contributed by atoms with van der Waals surface area (Å²) in [6.45, 7) is 3.48. The van der Waals surface area contributed by atoms with Crippen LogP contribution in [0.2, 0.25) is 0 Å². The van der Waals surface area contributed by atoms with Crippen molar-refractivity contribution >= 4 is 33.2 Å². The summed E-state index contributed by atoms with van der Waals surface area (Å²) in [5.74, 6) is 1.20. The molecule has 17 heavy (non-hydrogen) atoms. The Morgan fingerprint density at radius 1 is 1.29 bits per heavy atom. The van der Waals surface area contributed by atoms with Crippen molar-refractivity contribution in [3.05, 3.63) is 35.2 Å². The van der Waals surface area contributed by atoms with E-state index < -0.39 is 0 Å². The predicted octanol–water partition coefficient (Wildman–Crippen LogP) is 4.06. The van der Waals surface area contributed by atoms with Crippen LogP contribution >= 0.6 is 23.1 Å². The molecule has 1 aromatic carbocycles. The van der Waals surface area contributed by atoms with E-state index in [2.05, 4.69) is 54.3 Å². The largest absolute Gasteiger partial charge is 0.309 e. The fraction of sp³-hybridized carbons (Fsp3) is 0.429. The molecule has 2 heterocycles. The van der Waals surface area contributed by atoms with Crippen LogP contribution in [0.25, 0.3) is 10.1 Å². The molecule has 1 nitrogen and oxygen atoms in total. The Hall–Kier alpha value is -0.510. The molecule has 1 N–H and O–H groups in total. The molecule has 0 bridgehead atoms. The van der Waals surface area contributed by atoms with Crippen molar-refractivity contribution in [2.45, 2.75) is 24.6 Å². The van der Waals surface area contributed by atoms with Gasteiger partial charge in [-0.05, 0) is 30.5 Å². The summed E-state index contributed by atoms with van der Waals surface area (Å²) in [6, 6.07) is 11.6. The summed E-state index contributed by atoms with van der Waals surface area (Å²) in [7, 11) is 0. The van der Waals surface area contributed by atoms with Gasteiger partial charge in [-0.3, -0.25) is 0 Å². The van der Waals surface area contributed by atoms with Gasteiger partial charge in [0.15, 0.2) is 0 Å². The third kappa shape index (κ3) is 2.51. The molecular formula is C14H17NS2. The highest BCUT2D eigenvalue weighted by Gasteiger charge is 2.19. The lowest BCUT2D eigenvalue weighted by Crippen LogP contribution is -2.21. The maximum atomic E-state index is 3.68. The first-order valence-corrected chi connectivity index (χ1v) is 8.03. The number of thiophene rings is 1. The van der Waals surface area contributed by atoms with Gasteiger partial charge in [-0.2, -0.15) is 11.8 Å². The summed E-state index contributed by atoms with van der Waals surface area (Å²) in [6.07, 6.45) is 1.28. The van der Waals surface area contributed by atoms with Gasteiger partial charge in [0.1, 0.15) is 0 Å². The lowest BCUT2D eigenvalue weighted by Gasteiger charge is -2.12. The molecule has 0 radical (unpaired) electrons. The van der Waals surface area contributed by atoms with E-state index in [0.717, 1.165) is 11.8 Å². The molecule has 2 aromatic rings. The van der Waals surface area contributed by atoms with E-state index in [1.54, 1.807) is 0 Å². The maximum absolute atomic E-state index is 3.68. The first-order chi connectivity index (χ1) is 8.33. The van der Waals surface area contributed by atoms with Gasteiger partial charge in [-0.25, -0.2) is 0 Å². The van der Waals surface area contributed by atoms with Crippen LogP contribution in [0.3, 0.4) is 0 Å². The molecule has 0 amide bonds. The molecule has 0 saturated carbocycles. The van der Waals surface area contributed by atoms with Gasteiger partial charge in [0.25, 0.3) is 0 Å². The van der Waals surface area contributed by atoms with Crippen LogP contribution in [0, 0.1) is 0 Å². The number of hydrogen-bond donors (Lipinski definition) is 1. The zero-order chi connectivity index (χ0) is 11.7. The first-order valence-electron chi connectivity index (χ1n) is 6.16. The molecular weight excluding hydrogens is 246 g/mol. The summed E-state index contributed by atoms with van der Waals surface area (Å²) in [5.41, 5.74) is 0. The minimum atomic E-state index is 0.544. The number of benzene rings is 1. The monoisotopic (exact) mass is 263 g/mol. The normalized spacial score (nSPS) is 25.9. The molecule has 90 valence electrons. The van der Waals surface area contributed by atoms with Crippen LogP contribution in [-0.4, -0.2) is 17.5 Å². The molecule has 1 aliphatic heterocycles. The molecule has 2 unspecified atom stereocenters. The van der Waals surface area contributed by atoms with Crippen LogP contribution in [-0.2, 0) is 0 Å². The molecule has 1 aromatic heterocycles. The van der Waals surface area contributed by atoms with Crippen molar-refractivity contribution in [1.29, 1.82) is 0 Å². The third-order valence-electron chi connectivity index (χ3n) is 3.28. The number of nitrogens with one attached hydrogen (secondary N) is 1. The SMILES string of the molecule is CC1CCNC(c2cc3ccccc3s2)CS1. The van der Waals surface area contributed by atoms with Crippen LogP contribution in [0.15, 0.2) is 30.3 Å². The summed E-state index contributed by atoms with van der Waals surface area (Å²) in [5, 5.41) is 5.86. The Balaban J connectivity index is 1.87. The molecule has 1 saturated heterocycles. The molecule has 0 aliphatic carbocycles. The molecule has 0 spiro atoms. The predicted molar refractivity (Wildman–Crippen MR) is 79.1 cm³/mol. The maximum Gasteiger partial charge on any atom is 0.0507 e. The van der Waals surface area contributed by atoms with Crippen LogP contribution in [0.4, 0.5) is 0 Å². The van der Waals surface area contributed by atoms with Gasteiger partial charge in [0.2, 0.25) is 0 Å². The quantitative estimate of drug-likeness (QED) is 0.833. The Bertz CT molecular complexity index is 473. The number of rotatable bonds is 1. The molecule has 3 heteroatoms. The van der Waals surface area contributed by atoms with Crippen molar-refractivity contribution in [3.63, 3.8) is 0 Å². The average molecular weight is 263 g/mol. The van der Waals surface area contributed by atoms with E-state index in [0.29, 0.717) is 6.04 Å². The second kappa shape index (κ2) is 5.01. The van der Waals surface area contributed by atoms with E-state index in [1.165, 1.54) is 27.1 Å². The van der Waals surface area contributed by atoms with Crippen molar-refractivity contribution in [1.82, 2.24) is 5.32 Å². The Labute approximate surface area is 111 Å². The fourth-order valence-electron chi connectivity index (χ4n) is 2.22. The van der Waals surface area contributed by atoms with Gasteiger partial charge in [0.05, 0.1) is 6.04 Å². The van der Waals surface area contributed by atoms with Crippen molar-refractivity contribution in [3.8, 4) is 0 Å². The van der Waals surface area contributed by atoms with Gasteiger partial charge >= 0.3 is 0 Å². The van der Waals surface area contributed by atoms with E-state index in [4.69, 9.17) is 0 Å². The zero-order valence-electron chi connectivity index (χ0n) is 9.98. The Morgan fingerprint density at radius 2 is 2.18 bits per heavy atom. The van der Waals surface area contributed by atoms with Gasteiger partial charge in [-0.15, -0.1) is 11.3 Å². The molecule has 1 aliphatic rings. The van der Waals surface area contributed by atoms with Gasteiger partial charge in [-0.1, -0.05) is 25.1 Å². The smallest absolute Gasteiger partial charge is 0.0507 e. The van der Waals surface area contributed by atoms with Crippen molar-refractivity contribution in [2.24, 2.45) is 0 Å².